The lowest BCUT2D eigenvalue weighted by Crippen LogP contribution is -2.45. The van der Waals surface area contributed by atoms with Crippen molar-refractivity contribution in [3.05, 3.63) is 43.7 Å². The molecule has 1 amide bonds. The zero-order chi connectivity index (χ0) is 17.7. The van der Waals surface area contributed by atoms with E-state index < -0.39 is 12.0 Å². The standard InChI is InChI=1S/C16H16ClNO4S2/c1-9(2)14(18-15(20)12-4-3-7-23-12)16(21)22-8-10(19)11-5-6-13(17)24-11/h3-7,9,14H,8H2,1-2H3,(H,18,20)/t14-/m1/s1. The molecule has 0 fully saturated rings. The van der Waals surface area contributed by atoms with Crippen LogP contribution in [0.1, 0.15) is 33.2 Å². The van der Waals surface area contributed by atoms with Crippen molar-refractivity contribution in [2.75, 3.05) is 6.61 Å². The van der Waals surface area contributed by atoms with Crippen molar-refractivity contribution in [3.8, 4) is 0 Å². The molecule has 0 aromatic carbocycles. The highest BCUT2D eigenvalue weighted by molar-refractivity contribution is 7.18. The lowest BCUT2D eigenvalue weighted by Gasteiger charge is -2.20. The maximum atomic E-state index is 12.2. The second kappa shape index (κ2) is 8.41. The van der Waals surface area contributed by atoms with E-state index in [4.69, 9.17) is 16.3 Å². The topological polar surface area (TPSA) is 72.5 Å². The Kier molecular flexibility index (Phi) is 6.53. The Morgan fingerprint density at radius 1 is 1.21 bits per heavy atom. The number of carbonyl (C=O) groups excluding carboxylic acids is 3. The first kappa shape index (κ1) is 18.6. The van der Waals surface area contributed by atoms with Crippen molar-refractivity contribution in [1.82, 2.24) is 5.32 Å². The summed E-state index contributed by atoms with van der Waals surface area (Å²) in [5.74, 6) is -1.47. The van der Waals surface area contributed by atoms with Crippen LogP contribution < -0.4 is 5.32 Å². The molecule has 2 aromatic heterocycles. The predicted molar refractivity (Wildman–Crippen MR) is 95.0 cm³/mol. The molecule has 0 aliphatic rings. The highest BCUT2D eigenvalue weighted by Gasteiger charge is 2.27. The highest BCUT2D eigenvalue weighted by atomic mass is 35.5. The fourth-order valence-corrected chi connectivity index (χ4v) is 3.47. The van der Waals surface area contributed by atoms with E-state index in [0.717, 1.165) is 11.3 Å². The lowest BCUT2D eigenvalue weighted by atomic mass is 10.0. The van der Waals surface area contributed by atoms with E-state index in [9.17, 15) is 14.4 Å². The van der Waals surface area contributed by atoms with Crippen LogP contribution in [0, 0.1) is 5.92 Å². The molecule has 8 heteroatoms. The average molecular weight is 386 g/mol. The maximum absolute atomic E-state index is 12.2. The van der Waals surface area contributed by atoms with Gasteiger partial charge in [0.05, 0.1) is 14.1 Å². The number of Topliss-reactive ketones (excluding diaryl/α,β-unsaturated/α-hetero) is 1. The molecular weight excluding hydrogens is 370 g/mol. The number of esters is 1. The van der Waals surface area contributed by atoms with E-state index in [1.165, 1.54) is 11.3 Å². The first-order valence-corrected chi connectivity index (χ1v) is 9.25. The van der Waals surface area contributed by atoms with Crippen molar-refractivity contribution >= 4 is 51.9 Å². The van der Waals surface area contributed by atoms with Crippen LogP contribution in [0.25, 0.3) is 0 Å². The largest absolute Gasteiger partial charge is 0.456 e. The van der Waals surface area contributed by atoms with Crippen molar-refractivity contribution in [2.24, 2.45) is 5.92 Å². The van der Waals surface area contributed by atoms with Gasteiger partial charge in [0.25, 0.3) is 5.91 Å². The zero-order valence-corrected chi connectivity index (χ0v) is 15.5. The molecule has 5 nitrogen and oxygen atoms in total. The van der Waals surface area contributed by atoms with Gasteiger partial charge in [-0.15, -0.1) is 22.7 Å². The third kappa shape index (κ3) is 4.90. The van der Waals surface area contributed by atoms with Gasteiger partial charge in [-0.25, -0.2) is 4.79 Å². The summed E-state index contributed by atoms with van der Waals surface area (Å²) in [4.78, 5) is 37.2. The highest BCUT2D eigenvalue weighted by Crippen LogP contribution is 2.21. The molecule has 1 atom stereocenters. The van der Waals surface area contributed by atoms with Gasteiger partial charge in [-0.3, -0.25) is 9.59 Å². The molecule has 2 rings (SSSR count). The molecule has 2 heterocycles. The van der Waals surface area contributed by atoms with Crippen LogP contribution in [0.15, 0.2) is 29.6 Å². The van der Waals surface area contributed by atoms with Gasteiger partial charge in [-0.2, -0.15) is 0 Å². The van der Waals surface area contributed by atoms with Gasteiger partial charge in [0, 0.05) is 0 Å². The molecule has 0 unspecified atom stereocenters. The average Bonchev–Trinajstić information content (AvgIpc) is 3.20. The van der Waals surface area contributed by atoms with Gasteiger partial charge in [-0.05, 0) is 29.5 Å². The number of amides is 1. The Morgan fingerprint density at radius 2 is 1.96 bits per heavy atom. The number of halogens is 1. The number of ether oxygens (including phenoxy) is 1. The number of hydrogen-bond donors (Lipinski definition) is 1. The number of hydrogen-bond acceptors (Lipinski definition) is 6. The molecule has 2 aromatic rings. The molecule has 0 saturated carbocycles. The molecule has 24 heavy (non-hydrogen) atoms. The quantitative estimate of drug-likeness (QED) is 0.583. The van der Waals surface area contributed by atoms with Gasteiger partial charge in [0.1, 0.15) is 6.04 Å². The van der Waals surface area contributed by atoms with Gasteiger partial charge < -0.3 is 10.1 Å². The molecule has 0 aliphatic carbocycles. The Labute approximate surface area is 152 Å². The van der Waals surface area contributed by atoms with Gasteiger partial charge in [0.15, 0.2) is 6.61 Å². The van der Waals surface area contributed by atoms with Crippen LogP contribution in [0.4, 0.5) is 0 Å². The van der Waals surface area contributed by atoms with Crippen molar-refractivity contribution in [1.29, 1.82) is 0 Å². The van der Waals surface area contributed by atoms with E-state index in [1.807, 2.05) is 0 Å². The third-order valence-corrected chi connectivity index (χ3v) is 5.29. The summed E-state index contributed by atoms with van der Waals surface area (Å²) in [5, 5.41) is 4.43. The van der Waals surface area contributed by atoms with Crippen LogP contribution in [0.2, 0.25) is 4.34 Å². The third-order valence-electron chi connectivity index (χ3n) is 3.15. The monoisotopic (exact) mass is 385 g/mol. The van der Waals surface area contributed by atoms with E-state index in [0.29, 0.717) is 14.1 Å². The van der Waals surface area contributed by atoms with E-state index in [1.54, 1.807) is 43.5 Å². The number of thiophene rings is 2. The number of carbonyl (C=O) groups is 3. The minimum absolute atomic E-state index is 0.173. The summed E-state index contributed by atoms with van der Waals surface area (Å²) >= 11 is 8.19. The summed E-state index contributed by atoms with van der Waals surface area (Å²) in [7, 11) is 0. The second-order valence-electron chi connectivity index (χ2n) is 5.31. The van der Waals surface area contributed by atoms with Gasteiger partial charge >= 0.3 is 5.97 Å². The molecule has 128 valence electrons. The van der Waals surface area contributed by atoms with Crippen molar-refractivity contribution < 1.29 is 19.1 Å². The Hall–Kier alpha value is -1.70. The molecular formula is C16H16ClNO4S2. The van der Waals surface area contributed by atoms with E-state index >= 15 is 0 Å². The summed E-state index contributed by atoms with van der Waals surface area (Å²) in [6.07, 6.45) is 0. The fraction of sp³-hybridized carbons (Fsp3) is 0.312. The lowest BCUT2D eigenvalue weighted by molar-refractivity contribution is -0.145. The van der Waals surface area contributed by atoms with Crippen molar-refractivity contribution in [3.63, 3.8) is 0 Å². The Morgan fingerprint density at radius 3 is 2.50 bits per heavy atom. The van der Waals surface area contributed by atoms with E-state index in [2.05, 4.69) is 5.32 Å². The predicted octanol–water partition coefficient (Wildman–Crippen LogP) is 3.64. The molecule has 0 aliphatic heterocycles. The second-order valence-corrected chi connectivity index (χ2v) is 7.97. The van der Waals surface area contributed by atoms with Crippen LogP contribution in [0.3, 0.4) is 0 Å². The normalized spacial score (nSPS) is 12.0. The molecule has 0 spiro atoms. The SMILES string of the molecule is CC(C)[C@@H](NC(=O)c1cccs1)C(=O)OCC(=O)c1ccc(Cl)s1. The van der Waals surface area contributed by atoms with Crippen LogP contribution >= 0.6 is 34.3 Å². The smallest absolute Gasteiger partial charge is 0.329 e. The van der Waals surface area contributed by atoms with Crippen LogP contribution in [-0.2, 0) is 9.53 Å². The van der Waals surface area contributed by atoms with Gasteiger partial charge in [-0.1, -0.05) is 31.5 Å². The maximum Gasteiger partial charge on any atom is 0.329 e. The number of rotatable bonds is 7. The van der Waals surface area contributed by atoms with Crippen LogP contribution in [-0.4, -0.2) is 30.3 Å². The minimum Gasteiger partial charge on any atom is -0.456 e. The minimum atomic E-state index is -0.820. The fourth-order valence-electron chi connectivity index (χ4n) is 1.88. The molecule has 0 bridgehead atoms. The van der Waals surface area contributed by atoms with E-state index in [-0.39, 0.29) is 24.2 Å². The summed E-state index contributed by atoms with van der Waals surface area (Å²) < 4.78 is 5.57. The molecule has 0 radical (unpaired) electrons. The Balaban J connectivity index is 1.94. The first-order chi connectivity index (χ1) is 11.4. The summed E-state index contributed by atoms with van der Waals surface area (Å²) in [6, 6.07) is 5.81. The Bertz CT molecular complexity index is 724. The molecule has 0 saturated heterocycles. The summed E-state index contributed by atoms with van der Waals surface area (Å²) in [6.45, 7) is 3.21. The number of ketones is 1. The van der Waals surface area contributed by atoms with Crippen molar-refractivity contribution in [2.45, 2.75) is 19.9 Å². The number of nitrogens with one attached hydrogen (secondary N) is 1. The summed E-state index contributed by atoms with van der Waals surface area (Å²) in [5.41, 5.74) is 0. The first-order valence-electron chi connectivity index (χ1n) is 7.18. The molecule has 1 N–H and O–H groups in total. The zero-order valence-electron chi connectivity index (χ0n) is 13.1. The van der Waals surface area contributed by atoms with Crippen LogP contribution in [0.5, 0.6) is 0 Å². The van der Waals surface area contributed by atoms with Gasteiger partial charge in [0.2, 0.25) is 5.78 Å².